The Hall–Kier alpha value is -2.04. The summed E-state index contributed by atoms with van der Waals surface area (Å²) in [6, 6.07) is 6.43. The molecule has 19 heavy (non-hydrogen) atoms. The fraction of sp³-hybridized carbons (Fsp3) is 0.286. The van der Waals surface area contributed by atoms with Crippen LogP contribution in [0.1, 0.15) is 18.2 Å². The highest BCUT2D eigenvalue weighted by atomic mass is 19.1. The first kappa shape index (κ1) is 13.4. The van der Waals surface area contributed by atoms with Crippen LogP contribution in [0.5, 0.6) is 0 Å². The van der Waals surface area contributed by atoms with Crippen LogP contribution < -0.4 is 4.90 Å². The molecule has 100 valence electrons. The highest BCUT2D eigenvalue weighted by Gasteiger charge is 2.14. The molecule has 1 heterocycles. The molecule has 0 amide bonds. The number of anilines is 1. The molecule has 1 aromatic heterocycles. The molecule has 0 N–H and O–H groups in total. The molecular weight excluding hydrogens is 248 g/mol. The maximum atomic E-state index is 14.1. The van der Waals surface area contributed by atoms with Crippen LogP contribution in [0.15, 0.2) is 30.6 Å². The van der Waals surface area contributed by atoms with Crippen molar-refractivity contribution in [1.29, 1.82) is 0 Å². The second-order valence-electron chi connectivity index (χ2n) is 4.26. The lowest BCUT2D eigenvalue weighted by Crippen LogP contribution is -2.20. The van der Waals surface area contributed by atoms with Crippen LogP contribution in [-0.4, -0.2) is 17.0 Å². The first-order valence-electron chi connectivity index (χ1n) is 6.07. The summed E-state index contributed by atoms with van der Waals surface area (Å²) in [5, 5.41) is 0. The third-order valence-electron chi connectivity index (χ3n) is 2.91. The van der Waals surface area contributed by atoms with E-state index in [1.807, 2.05) is 6.92 Å². The lowest BCUT2D eigenvalue weighted by Gasteiger charge is -2.19. The van der Waals surface area contributed by atoms with E-state index in [0.29, 0.717) is 17.7 Å². The summed E-state index contributed by atoms with van der Waals surface area (Å²) in [6.45, 7) is 2.08. The van der Waals surface area contributed by atoms with Crippen molar-refractivity contribution in [3.8, 4) is 0 Å². The number of aromatic nitrogens is 2. The quantitative estimate of drug-likeness (QED) is 0.849. The molecule has 5 heteroatoms. The van der Waals surface area contributed by atoms with Crippen molar-refractivity contribution in [3.05, 3.63) is 53.5 Å². The smallest absolute Gasteiger partial charge is 0.187 e. The van der Waals surface area contributed by atoms with Crippen LogP contribution in [0, 0.1) is 11.6 Å². The second-order valence-corrected chi connectivity index (χ2v) is 4.26. The third kappa shape index (κ3) is 2.86. The molecule has 0 saturated carbocycles. The highest BCUT2D eigenvalue weighted by Crippen LogP contribution is 2.19. The van der Waals surface area contributed by atoms with Gasteiger partial charge in [0, 0.05) is 19.2 Å². The van der Waals surface area contributed by atoms with Gasteiger partial charge < -0.3 is 4.90 Å². The predicted molar refractivity (Wildman–Crippen MR) is 69.9 cm³/mol. The van der Waals surface area contributed by atoms with E-state index < -0.39 is 5.82 Å². The molecule has 0 spiro atoms. The molecule has 1 aromatic carbocycles. The lowest BCUT2D eigenvalue weighted by atomic mass is 10.2. The topological polar surface area (TPSA) is 29.0 Å². The van der Waals surface area contributed by atoms with Gasteiger partial charge in [0.2, 0.25) is 0 Å². The number of rotatable bonds is 4. The van der Waals surface area contributed by atoms with Crippen LogP contribution in [0.25, 0.3) is 0 Å². The van der Waals surface area contributed by atoms with E-state index >= 15 is 0 Å². The van der Waals surface area contributed by atoms with Crippen LogP contribution >= 0.6 is 0 Å². The Morgan fingerprint density at radius 1 is 1.16 bits per heavy atom. The lowest BCUT2D eigenvalue weighted by molar-refractivity contribution is 0.581. The van der Waals surface area contributed by atoms with Gasteiger partial charge in [-0.25, -0.2) is 18.7 Å². The molecule has 0 saturated heterocycles. The summed E-state index contributed by atoms with van der Waals surface area (Å²) in [6.07, 6.45) is 1.82. The third-order valence-corrected chi connectivity index (χ3v) is 2.91. The number of aryl methyl sites for hydroxylation is 1. The molecule has 0 bridgehead atoms. The highest BCUT2D eigenvalue weighted by molar-refractivity contribution is 5.41. The van der Waals surface area contributed by atoms with Crippen LogP contribution in [0.2, 0.25) is 0 Å². The SMILES string of the molecule is CCc1ncnc(N(C)Cc2ccccc2F)c1F. The zero-order chi connectivity index (χ0) is 13.8. The number of hydrogen-bond acceptors (Lipinski definition) is 3. The molecule has 2 aromatic rings. The van der Waals surface area contributed by atoms with Crippen molar-refractivity contribution in [2.24, 2.45) is 0 Å². The summed E-state index contributed by atoms with van der Waals surface area (Å²) in [7, 11) is 1.68. The van der Waals surface area contributed by atoms with E-state index in [2.05, 4.69) is 9.97 Å². The molecule has 2 rings (SSSR count). The second kappa shape index (κ2) is 5.73. The summed E-state index contributed by atoms with van der Waals surface area (Å²) in [5.41, 5.74) is 0.867. The van der Waals surface area contributed by atoms with E-state index in [-0.39, 0.29) is 18.2 Å². The Morgan fingerprint density at radius 2 is 1.89 bits per heavy atom. The Morgan fingerprint density at radius 3 is 2.58 bits per heavy atom. The normalized spacial score (nSPS) is 10.5. The van der Waals surface area contributed by atoms with Crippen LogP contribution in [-0.2, 0) is 13.0 Å². The van der Waals surface area contributed by atoms with Crippen molar-refractivity contribution >= 4 is 5.82 Å². The summed E-state index contributed by atoms with van der Waals surface area (Å²) in [5.74, 6) is -0.557. The number of benzene rings is 1. The van der Waals surface area contributed by atoms with Crippen molar-refractivity contribution in [2.45, 2.75) is 19.9 Å². The van der Waals surface area contributed by atoms with Crippen molar-refractivity contribution in [1.82, 2.24) is 9.97 Å². The summed E-state index contributed by atoms with van der Waals surface area (Å²) < 4.78 is 27.6. The summed E-state index contributed by atoms with van der Waals surface area (Å²) in [4.78, 5) is 9.39. The first-order valence-corrected chi connectivity index (χ1v) is 6.07. The average Bonchev–Trinajstić information content (AvgIpc) is 2.41. The minimum atomic E-state index is -0.441. The van der Waals surface area contributed by atoms with E-state index in [4.69, 9.17) is 0 Å². The molecule has 0 aliphatic heterocycles. The monoisotopic (exact) mass is 263 g/mol. The Kier molecular flexibility index (Phi) is 4.04. The minimum Gasteiger partial charge on any atom is -0.353 e. The van der Waals surface area contributed by atoms with E-state index in [0.717, 1.165) is 0 Å². The number of nitrogens with zero attached hydrogens (tertiary/aromatic N) is 3. The van der Waals surface area contributed by atoms with Crippen molar-refractivity contribution in [2.75, 3.05) is 11.9 Å². The number of halogens is 2. The molecule has 3 nitrogen and oxygen atoms in total. The van der Waals surface area contributed by atoms with Crippen molar-refractivity contribution < 1.29 is 8.78 Å². The van der Waals surface area contributed by atoms with Gasteiger partial charge in [-0.05, 0) is 12.5 Å². The zero-order valence-electron chi connectivity index (χ0n) is 10.9. The van der Waals surface area contributed by atoms with Gasteiger partial charge in [-0.1, -0.05) is 25.1 Å². The standard InChI is InChI=1S/C14H15F2N3/c1-3-12-13(16)14(18-9-17-12)19(2)8-10-6-4-5-7-11(10)15/h4-7,9H,3,8H2,1-2H3. The van der Waals surface area contributed by atoms with Gasteiger partial charge in [-0.3, -0.25) is 0 Å². The molecule has 0 unspecified atom stereocenters. The molecule has 0 fully saturated rings. The molecule has 0 aliphatic rings. The average molecular weight is 263 g/mol. The van der Waals surface area contributed by atoms with Gasteiger partial charge in [0.05, 0.1) is 5.69 Å². The van der Waals surface area contributed by atoms with Crippen LogP contribution in [0.4, 0.5) is 14.6 Å². The van der Waals surface area contributed by atoms with Gasteiger partial charge in [-0.15, -0.1) is 0 Å². The predicted octanol–water partition coefficient (Wildman–Crippen LogP) is 2.95. The van der Waals surface area contributed by atoms with Gasteiger partial charge in [0.1, 0.15) is 12.1 Å². The Balaban J connectivity index is 2.26. The zero-order valence-corrected chi connectivity index (χ0v) is 10.9. The molecule has 0 aliphatic carbocycles. The molecule has 0 radical (unpaired) electrons. The largest absolute Gasteiger partial charge is 0.353 e. The summed E-state index contributed by atoms with van der Waals surface area (Å²) >= 11 is 0. The van der Waals surface area contributed by atoms with Gasteiger partial charge in [0.15, 0.2) is 11.6 Å². The molecular formula is C14H15F2N3. The van der Waals surface area contributed by atoms with Gasteiger partial charge in [0.25, 0.3) is 0 Å². The van der Waals surface area contributed by atoms with Crippen LogP contribution in [0.3, 0.4) is 0 Å². The van der Waals surface area contributed by atoms with E-state index in [1.165, 1.54) is 12.4 Å². The van der Waals surface area contributed by atoms with E-state index in [1.54, 1.807) is 30.1 Å². The van der Waals surface area contributed by atoms with E-state index in [9.17, 15) is 8.78 Å². The Labute approximate surface area is 110 Å². The fourth-order valence-electron chi connectivity index (χ4n) is 1.87. The van der Waals surface area contributed by atoms with Gasteiger partial charge in [-0.2, -0.15) is 0 Å². The van der Waals surface area contributed by atoms with Crippen molar-refractivity contribution in [3.63, 3.8) is 0 Å². The minimum absolute atomic E-state index is 0.190. The maximum Gasteiger partial charge on any atom is 0.187 e. The maximum absolute atomic E-state index is 14.1. The Bertz CT molecular complexity index is 572. The first-order chi connectivity index (χ1) is 9.13. The van der Waals surface area contributed by atoms with Gasteiger partial charge >= 0.3 is 0 Å². The molecule has 0 atom stereocenters. The number of hydrogen-bond donors (Lipinski definition) is 0. The fourth-order valence-corrected chi connectivity index (χ4v) is 1.87.